The Kier molecular flexibility index (Phi) is 4.45. The van der Waals surface area contributed by atoms with Gasteiger partial charge in [-0.25, -0.2) is 0 Å². The lowest BCUT2D eigenvalue weighted by Crippen LogP contribution is -2.29. The van der Waals surface area contributed by atoms with E-state index in [1.807, 2.05) is 20.8 Å². The van der Waals surface area contributed by atoms with E-state index in [4.69, 9.17) is 5.11 Å². The van der Waals surface area contributed by atoms with E-state index in [-0.39, 0.29) is 17.9 Å². The van der Waals surface area contributed by atoms with Crippen molar-refractivity contribution in [3.63, 3.8) is 0 Å². The molecule has 13 heavy (non-hydrogen) atoms. The van der Waals surface area contributed by atoms with Crippen molar-refractivity contribution in [3.05, 3.63) is 0 Å². The Morgan fingerprint density at radius 1 is 1.31 bits per heavy atom. The molecular formula is C9H17NO3. The predicted molar refractivity (Wildman–Crippen MR) is 49.3 cm³/mol. The number of hydrogen-bond donors (Lipinski definition) is 2. The van der Waals surface area contributed by atoms with Crippen molar-refractivity contribution in [3.8, 4) is 0 Å². The monoisotopic (exact) mass is 187 g/mol. The summed E-state index contributed by atoms with van der Waals surface area (Å²) in [5.74, 6) is -1.21. The van der Waals surface area contributed by atoms with Crippen LogP contribution in [0.3, 0.4) is 0 Å². The average molecular weight is 187 g/mol. The fourth-order valence-electron chi connectivity index (χ4n) is 0.751. The molecule has 76 valence electrons. The minimum atomic E-state index is -1.01. The van der Waals surface area contributed by atoms with Crippen molar-refractivity contribution in [1.82, 2.24) is 5.32 Å². The van der Waals surface area contributed by atoms with E-state index >= 15 is 0 Å². The highest BCUT2D eigenvalue weighted by Gasteiger charge is 2.12. The highest BCUT2D eigenvalue weighted by atomic mass is 16.4. The number of carbonyl (C=O) groups is 2. The normalized spacial score (nSPS) is 11.0. The Balaban J connectivity index is 3.58. The molecule has 0 aromatic rings. The van der Waals surface area contributed by atoms with Crippen LogP contribution in [0, 0.1) is 5.41 Å². The van der Waals surface area contributed by atoms with E-state index in [9.17, 15) is 9.59 Å². The zero-order chi connectivity index (χ0) is 10.5. The summed E-state index contributed by atoms with van der Waals surface area (Å²) in [6.07, 6.45) is 1.15. The third kappa shape index (κ3) is 8.85. The largest absolute Gasteiger partial charge is 0.480 e. The zero-order valence-corrected chi connectivity index (χ0v) is 8.39. The van der Waals surface area contributed by atoms with E-state index in [0.717, 1.165) is 6.42 Å². The van der Waals surface area contributed by atoms with Gasteiger partial charge < -0.3 is 10.4 Å². The van der Waals surface area contributed by atoms with Crippen LogP contribution in [-0.2, 0) is 9.59 Å². The number of amides is 1. The standard InChI is InChI=1S/C9H17NO3/c1-9(2,3)5-4-7(11)10-6-8(12)13/h4-6H2,1-3H3,(H,10,11)(H,12,13). The van der Waals surface area contributed by atoms with Crippen LogP contribution < -0.4 is 5.32 Å². The molecule has 0 spiro atoms. The lowest BCUT2D eigenvalue weighted by Gasteiger charge is -2.16. The fraction of sp³-hybridized carbons (Fsp3) is 0.778. The van der Waals surface area contributed by atoms with Crippen molar-refractivity contribution in [2.45, 2.75) is 33.6 Å². The number of carboxylic acid groups (broad SMARTS) is 1. The maximum absolute atomic E-state index is 11.0. The molecule has 4 nitrogen and oxygen atoms in total. The second-order valence-corrected chi connectivity index (χ2v) is 4.23. The van der Waals surface area contributed by atoms with E-state index in [1.165, 1.54) is 0 Å². The molecule has 0 aromatic carbocycles. The molecule has 0 aliphatic rings. The molecule has 4 heteroatoms. The minimum Gasteiger partial charge on any atom is -0.480 e. The summed E-state index contributed by atoms with van der Waals surface area (Å²) in [6, 6.07) is 0. The first-order valence-electron chi connectivity index (χ1n) is 4.30. The molecule has 0 radical (unpaired) electrons. The summed E-state index contributed by atoms with van der Waals surface area (Å²) >= 11 is 0. The summed E-state index contributed by atoms with van der Waals surface area (Å²) in [7, 11) is 0. The van der Waals surface area contributed by atoms with Crippen LogP contribution in [0.25, 0.3) is 0 Å². The summed E-state index contributed by atoms with van der Waals surface area (Å²) in [5.41, 5.74) is 0.112. The first-order chi connectivity index (χ1) is 5.81. The molecule has 0 unspecified atom stereocenters. The van der Waals surface area contributed by atoms with E-state index in [0.29, 0.717) is 6.42 Å². The quantitative estimate of drug-likeness (QED) is 0.690. The maximum Gasteiger partial charge on any atom is 0.322 e. The summed E-state index contributed by atoms with van der Waals surface area (Å²) in [6.45, 7) is 5.83. The lowest BCUT2D eigenvalue weighted by atomic mass is 9.90. The van der Waals surface area contributed by atoms with Gasteiger partial charge in [0, 0.05) is 6.42 Å². The predicted octanol–water partition coefficient (Wildman–Crippen LogP) is 1.01. The molecule has 0 saturated carbocycles. The van der Waals surface area contributed by atoms with Gasteiger partial charge in [0.25, 0.3) is 0 Å². The van der Waals surface area contributed by atoms with Gasteiger partial charge in [0.05, 0.1) is 0 Å². The van der Waals surface area contributed by atoms with Crippen LogP contribution in [0.1, 0.15) is 33.6 Å². The van der Waals surface area contributed by atoms with E-state index in [2.05, 4.69) is 5.32 Å². The number of hydrogen-bond acceptors (Lipinski definition) is 2. The molecule has 0 fully saturated rings. The second kappa shape index (κ2) is 4.84. The molecule has 1 amide bonds. The van der Waals surface area contributed by atoms with Crippen LogP contribution in [0.5, 0.6) is 0 Å². The zero-order valence-electron chi connectivity index (χ0n) is 8.39. The highest BCUT2D eigenvalue weighted by molar-refractivity contribution is 5.81. The van der Waals surface area contributed by atoms with Gasteiger partial charge in [-0.2, -0.15) is 0 Å². The van der Waals surface area contributed by atoms with E-state index in [1.54, 1.807) is 0 Å². The van der Waals surface area contributed by atoms with Gasteiger partial charge in [0.2, 0.25) is 5.91 Å². The molecule has 0 bridgehead atoms. The van der Waals surface area contributed by atoms with Gasteiger partial charge in [-0.05, 0) is 11.8 Å². The third-order valence-corrected chi connectivity index (χ3v) is 1.54. The second-order valence-electron chi connectivity index (χ2n) is 4.23. The maximum atomic E-state index is 11.0. The van der Waals surface area contributed by atoms with Gasteiger partial charge in [0.1, 0.15) is 6.54 Å². The summed E-state index contributed by atoms with van der Waals surface area (Å²) < 4.78 is 0. The first-order valence-corrected chi connectivity index (χ1v) is 4.30. The molecular weight excluding hydrogens is 170 g/mol. The van der Waals surface area contributed by atoms with Gasteiger partial charge in [-0.1, -0.05) is 20.8 Å². The van der Waals surface area contributed by atoms with Gasteiger partial charge in [0.15, 0.2) is 0 Å². The molecule has 2 N–H and O–H groups in total. The van der Waals surface area contributed by atoms with Crippen molar-refractivity contribution in [1.29, 1.82) is 0 Å². The Bertz CT molecular complexity index is 194. The number of carboxylic acids is 1. The number of carbonyl (C=O) groups excluding carboxylic acids is 1. The van der Waals surface area contributed by atoms with Gasteiger partial charge in [-0.15, -0.1) is 0 Å². The SMILES string of the molecule is CC(C)(C)CCC(=O)NCC(=O)O. The molecule has 0 saturated heterocycles. The van der Waals surface area contributed by atoms with E-state index < -0.39 is 5.97 Å². The number of rotatable bonds is 4. The van der Waals surface area contributed by atoms with Crippen LogP contribution in [0.4, 0.5) is 0 Å². The molecule has 0 aliphatic carbocycles. The number of aliphatic carboxylic acids is 1. The topological polar surface area (TPSA) is 66.4 Å². The number of nitrogens with one attached hydrogen (secondary N) is 1. The molecule has 0 rings (SSSR count). The van der Waals surface area contributed by atoms with Crippen LogP contribution in [0.15, 0.2) is 0 Å². The average Bonchev–Trinajstić information content (AvgIpc) is 1.95. The van der Waals surface area contributed by atoms with Gasteiger partial charge >= 0.3 is 5.97 Å². The fourth-order valence-corrected chi connectivity index (χ4v) is 0.751. The summed E-state index contributed by atoms with van der Waals surface area (Å²) in [5, 5.41) is 10.6. The molecule has 0 aromatic heterocycles. The third-order valence-electron chi connectivity index (χ3n) is 1.54. The van der Waals surface area contributed by atoms with Crippen molar-refractivity contribution in [2.75, 3.05) is 6.54 Å². The highest BCUT2D eigenvalue weighted by Crippen LogP contribution is 2.19. The smallest absolute Gasteiger partial charge is 0.322 e. The molecule has 0 aliphatic heterocycles. The van der Waals surface area contributed by atoms with Crippen LogP contribution in [-0.4, -0.2) is 23.5 Å². The molecule has 0 heterocycles. The van der Waals surface area contributed by atoms with Crippen molar-refractivity contribution < 1.29 is 14.7 Å². The minimum absolute atomic E-state index is 0.112. The van der Waals surface area contributed by atoms with Crippen molar-refractivity contribution >= 4 is 11.9 Å². The molecule has 0 atom stereocenters. The first kappa shape index (κ1) is 11.9. The Hall–Kier alpha value is -1.06. The summed E-state index contributed by atoms with van der Waals surface area (Å²) in [4.78, 5) is 21.1. The van der Waals surface area contributed by atoms with Crippen LogP contribution >= 0.6 is 0 Å². The van der Waals surface area contributed by atoms with Crippen LogP contribution in [0.2, 0.25) is 0 Å². The van der Waals surface area contributed by atoms with Crippen molar-refractivity contribution in [2.24, 2.45) is 5.41 Å². The Morgan fingerprint density at radius 3 is 2.23 bits per heavy atom. The lowest BCUT2D eigenvalue weighted by molar-refractivity contribution is -0.138. The van der Waals surface area contributed by atoms with Gasteiger partial charge in [-0.3, -0.25) is 9.59 Å². The Labute approximate surface area is 78.3 Å². The Morgan fingerprint density at radius 2 is 1.85 bits per heavy atom.